The van der Waals surface area contributed by atoms with Gasteiger partial charge >= 0.3 is 0 Å². The monoisotopic (exact) mass is 456 g/mol. The van der Waals surface area contributed by atoms with Crippen LogP contribution in [0.2, 0.25) is 0 Å². The normalized spacial score (nSPS) is 15.8. The number of amides is 1. The van der Waals surface area contributed by atoms with E-state index in [9.17, 15) is 18.3 Å². The molecular formula is C23H28N4O4S. The molecule has 0 saturated carbocycles. The van der Waals surface area contributed by atoms with Crippen molar-refractivity contribution in [3.63, 3.8) is 0 Å². The first kappa shape index (κ1) is 22.4. The van der Waals surface area contributed by atoms with Crippen LogP contribution in [0.1, 0.15) is 34.6 Å². The van der Waals surface area contributed by atoms with Gasteiger partial charge in [0.05, 0.1) is 5.52 Å². The van der Waals surface area contributed by atoms with Crippen LogP contribution in [0, 0.1) is 12.8 Å². The van der Waals surface area contributed by atoms with Gasteiger partial charge in [-0.25, -0.2) is 8.42 Å². The number of carbonyl (C=O) groups is 1. The maximum atomic E-state index is 13.2. The molecule has 1 fully saturated rings. The third kappa shape index (κ3) is 4.28. The molecule has 170 valence electrons. The third-order valence-corrected chi connectivity index (χ3v) is 8.31. The van der Waals surface area contributed by atoms with E-state index < -0.39 is 10.0 Å². The molecule has 4 rings (SSSR count). The van der Waals surface area contributed by atoms with E-state index >= 15 is 0 Å². The predicted octanol–water partition coefficient (Wildman–Crippen LogP) is 2.20. The van der Waals surface area contributed by atoms with Gasteiger partial charge in [0.15, 0.2) is 0 Å². The number of benzene rings is 1. The number of hydrogen-bond donors (Lipinski definition) is 2. The van der Waals surface area contributed by atoms with Crippen molar-refractivity contribution >= 4 is 26.8 Å². The summed E-state index contributed by atoms with van der Waals surface area (Å²) in [5, 5.41) is 13.2. The highest BCUT2D eigenvalue weighted by molar-refractivity contribution is 7.89. The SMILES string of the molecule is Cc1c(S(=O)(=O)N2CCC(CO)CC2)cc(C(=O)NCc2ccc3ncccc3c2)n1C. The van der Waals surface area contributed by atoms with Gasteiger partial charge in [-0.1, -0.05) is 12.1 Å². The minimum atomic E-state index is -3.71. The molecule has 32 heavy (non-hydrogen) atoms. The summed E-state index contributed by atoms with van der Waals surface area (Å²) in [5.74, 6) is -0.187. The standard InChI is InChI=1S/C23H28N4O4S/c1-16-22(32(30,31)27-10-7-17(15-28)8-11-27)13-21(26(16)2)23(29)25-14-18-5-6-20-19(12-18)4-3-9-24-20/h3-6,9,12-13,17,28H,7-8,10-11,14-15H2,1-2H3,(H,25,29). The second-order valence-corrected chi connectivity index (χ2v) is 10.2. The van der Waals surface area contributed by atoms with Crippen molar-refractivity contribution < 1.29 is 18.3 Å². The van der Waals surface area contributed by atoms with Crippen molar-refractivity contribution in [1.29, 1.82) is 0 Å². The first-order valence-electron chi connectivity index (χ1n) is 10.7. The molecule has 0 aliphatic carbocycles. The molecule has 8 nitrogen and oxygen atoms in total. The summed E-state index contributed by atoms with van der Waals surface area (Å²) in [5.41, 5.74) is 2.65. The highest BCUT2D eigenvalue weighted by Gasteiger charge is 2.32. The highest BCUT2D eigenvalue weighted by atomic mass is 32.2. The van der Waals surface area contributed by atoms with Gasteiger partial charge in [0.25, 0.3) is 5.91 Å². The van der Waals surface area contributed by atoms with Gasteiger partial charge in [-0.3, -0.25) is 9.78 Å². The molecule has 1 amide bonds. The highest BCUT2D eigenvalue weighted by Crippen LogP contribution is 2.27. The number of aliphatic hydroxyl groups excluding tert-OH is 1. The first-order chi connectivity index (χ1) is 15.3. The molecule has 2 aromatic heterocycles. The van der Waals surface area contributed by atoms with E-state index in [-0.39, 0.29) is 23.3 Å². The van der Waals surface area contributed by atoms with Gasteiger partial charge < -0.3 is 15.0 Å². The van der Waals surface area contributed by atoms with Crippen molar-refractivity contribution in [2.75, 3.05) is 19.7 Å². The van der Waals surface area contributed by atoms with Crippen molar-refractivity contribution in [1.82, 2.24) is 19.2 Å². The molecule has 1 aliphatic rings. The third-order valence-electron chi connectivity index (χ3n) is 6.29. The van der Waals surface area contributed by atoms with Crippen molar-refractivity contribution in [3.8, 4) is 0 Å². The fraction of sp³-hybridized carbons (Fsp3) is 0.391. The van der Waals surface area contributed by atoms with Crippen LogP contribution in [-0.2, 0) is 23.6 Å². The van der Waals surface area contributed by atoms with E-state index in [1.807, 2.05) is 30.3 Å². The van der Waals surface area contributed by atoms with E-state index in [0.717, 1.165) is 16.5 Å². The maximum Gasteiger partial charge on any atom is 0.268 e. The zero-order valence-electron chi connectivity index (χ0n) is 18.3. The van der Waals surface area contributed by atoms with Crippen LogP contribution >= 0.6 is 0 Å². The summed E-state index contributed by atoms with van der Waals surface area (Å²) >= 11 is 0. The van der Waals surface area contributed by atoms with Crippen LogP contribution in [0.25, 0.3) is 10.9 Å². The largest absolute Gasteiger partial charge is 0.396 e. The lowest BCUT2D eigenvalue weighted by Crippen LogP contribution is -2.39. The molecule has 2 N–H and O–H groups in total. The van der Waals surface area contributed by atoms with Gasteiger partial charge in [-0.15, -0.1) is 0 Å². The number of hydrogen-bond acceptors (Lipinski definition) is 5. The number of aliphatic hydroxyl groups is 1. The van der Waals surface area contributed by atoms with Gasteiger partial charge in [0.1, 0.15) is 10.6 Å². The average Bonchev–Trinajstić information content (AvgIpc) is 3.12. The second-order valence-electron chi connectivity index (χ2n) is 8.28. The molecule has 3 heterocycles. The molecule has 0 bridgehead atoms. The number of sulfonamides is 1. The summed E-state index contributed by atoms with van der Waals surface area (Å²) in [6.45, 7) is 2.86. The molecule has 1 aromatic carbocycles. The van der Waals surface area contributed by atoms with E-state index in [1.54, 1.807) is 24.7 Å². The van der Waals surface area contributed by atoms with Crippen LogP contribution in [0.5, 0.6) is 0 Å². The molecule has 9 heteroatoms. The Labute approximate surface area is 187 Å². The number of nitrogens with zero attached hydrogens (tertiary/aromatic N) is 3. The van der Waals surface area contributed by atoms with Crippen LogP contribution < -0.4 is 5.32 Å². The summed E-state index contributed by atoms with van der Waals surface area (Å²) in [6, 6.07) is 11.1. The van der Waals surface area contributed by atoms with Crippen LogP contribution in [0.3, 0.4) is 0 Å². The van der Waals surface area contributed by atoms with E-state index in [1.165, 1.54) is 10.4 Å². The molecule has 1 aliphatic heterocycles. The fourth-order valence-electron chi connectivity index (χ4n) is 4.13. The van der Waals surface area contributed by atoms with Crippen LogP contribution in [0.15, 0.2) is 47.5 Å². The Hall–Kier alpha value is -2.75. The van der Waals surface area contributed by atoms with Gasteiger partial charge in [-0.05, 0) is 55.5 Å². The number of fused-ring (bicyclic) bond motifs is 1. The molecule has 1 saturated heterocycles. The Morgan fingerprint density at radius 1 is 1.22 bits per heavy atom. The lowest BCUT2D eigenvalue weighted by molar-refractivity contribution is 0.0942. The van der Waals surface area contributed by atoms with Gasteiger partial charge in [0, 0.05) is 50.6 Å². The average molecular weight is 457 g/mol. The number of carbonyl (C=O) groups excluding carboxylic acids is 1. The Bertz CT molecular complexity index is 1240. The Morgan fingerprint density at radius 2 is 1.97 bits per heavy atom. The molecule has 0 unspecified atom stereocenters. The number of nitrogens with one attached hydrogen (secondary N) is 1. The topological polar surface area (TPSA) is 105 Å². The minimum Gasteiger partial charge on any atom is -0.396 e. The molecule has 3 aromatic rings. The number of rotatable bonds is 6. The van der Waals surface area contributed by atoms with E-state index in [0.29, 0.717) is 43.9 Å². The first-order valence-corrected chi connectivity index (χ1v) is 12.1. The van der Waals surface area contributed by atoms with E-state index in [2.05, 4.69) is 10.3 Å². The summed E-state index contributed by atoms with van der Waals surface area (Å²) < 4.78 is 29.5. The minimum absolute atomic E-state index is 0.0797. The summed E-state index contributed by atoms with van der Waals surface area (Å²) in [4.78, 5) is 17.3. The quantitative estimate of drug-likeness (QED) is 0.592. The lowest BCUT2D eigenvalue weighted by atomic mass is 10.00. The Balaban J connectivity index is 1.50. The zero-order valence-corrected chi connectivity index (χ0v) is 19.1. The summed E-state index contributed by atoms with van der Waals surface area (Å²) in [6.07, 6.45) is 3.01. The number of pyridine rings is 1. The smallest absolute Gasteiger partial charge is 0.268 e. The van der Waals surface area contributed by atoms with Gasteiger partial charge in [0.2, 0.25) is 10.0 Å². The van der Waals surface area contributed by atoms with Crippen LogP contribution in [0.4, 0.5) is 0 Å². The molecular weight excluding hydrogens is 428 g/mol. The Morgan fingerprint density at radius 3 is 2.69 bits per heavy atom. The second kappa shape index (κ2) is 9.01. The zero-order chi connectivity index (χ0) is 22.9. The number of piperidine rings is 1. The van der Waals surface area contributed by atoms with Crippen molar-refractivity contribution in [3.05, 3.63) is 59.5 Å². The lowest BCUT2D eigenvalue weighted by Gasteiger charge is -2.30. The van der Waals surface area contributed by atoms with Crippen LogP contribution in [-0.4, -0.2) is 53.0 Å². The maximum absolute atomic E-state index is 13.2. The van der Waals surface area contributed by atoms with Crippen molar-refractivity contribution in [2.45, 2.75) is 31.2 Å². The fourth-order valence-corrected chi connectivity index (χ4v) is 5.87. The predicted molar refractivity (Wildman–Crippen MR) is 122 cm³/mol. The Kier molecular flexibility index (Phi) is 6.32. The van der Waals surface area contributed by atoms with Crippen molar-refractivity contribution in [2.24, 2.45) is 13.0 Å². The van der Waals surface area contributed by atoms with Gasteiger partial charge in [-0.2, -0.15) is 4.31 Å². The molecule has 0 spiro atoms. The summed E-state index contributed by atoms with van der Waals surface area (Å²) in [7, 11) is -2.01. The molecule has 0 atom stereocenters. The number of aromatic nitrogens is 2. The van der Waals surface area contributed by atoms with E-state index in [4.69, 9.17) is 0 Å². The molecule has 0 radical (unpaired) electrons.